The van der Waals surface area contributed by atoms with E-state index in [1.807, 2.05) is 6.92 Å². The number of hydrogen-bond acceptors (Lipinski definition) is 2. The summed E-state index contributed by atoms with van der Waals surface area (Å²) < 4.78 is 41.3. The van der Waals surface area contributed by atoms with Crippen molar-refractivity contribution in [1.29, 1.82) is 0 Å². The third-order valence-corrected chi connectivity index (χ3v) is 3.51. The number of anilines is 1. The highest BCUT2D eigenvalue weighted by Crippen LogP contribution is 2.42. The molecule has 20 heavy (non-hydrogen) atoms. The van der Waals surface area contributed by atoms with Gasteiger partial charge in [-0.25, -0.2) is 18.2 Å². The average Bonchev–Trinajstić information content (AvgIpc) is 3.26. The molecule has 2 nitrogen and oxygen atoms in total. The third-order valence-electron chi connectivity index (χ3n) is 3.51. The van der Waals surface area contributed by atoms with Crippen molar-refractivity contribution in [3.8, 4) is 0 Å². The molecule has 1 heterocycles. The topological polar surface area (TPSA) is 24.9 Å². The number of benzene rings is 1. The maximum absolute atomic E-state index is 14.0. The Morgan fingerprint density at radius 1 is 1.20 bits per heavy atom. The Kier molecular flexibility index (Phi) is 3.28. The van der Waals surface area contributed by atoms with Crippen LogP contribution in [0.3, 0.4) is 0 Å². The first kappa shape index (κ1) is 13.2. The highest BCUT2D eigenvalue weighted by molar-refractivity contribution is 5.92. The van der Waals surface area contributed by atoms with Crippen LogP contribution in [0.5, 0.6) is 0 Å². The zero-order valence-electron chi connectivity index (χ0n) is 11.1. The first-order chi connectivity index (χ1) is 9.61. The van der Waals surface area contributed by atoms with Crippen molar-refractivity contribution in [2.24, 2.45) is 0 Å². The van der Waals surface area contributed by atoms with Crippen molar-refractivity contribution >= 4 is 16.6 Å². The van der Waals surface area contributed by atoms with E-state index in [1.165, 1.54) is 0 Å². The Balaban J connectivity index is 2.25. The number of rotatable bonds is 4. The minimum absolute atomic E-state index is 0.0908. The molecule has 1 aliphatic carbocycles. The monoisotopic (exact) mass is 280 g/mol. The fraction of sp³-hybridized carbons (Fsp3) is 0.400. The Labute approximate surface area is 115 Å². The van der Waals surface area contributed by atoms with E-state index in [-0.39, 0.29) is 10.9 Å². The lowest BCUT2D eigenvalue weighted by atomic mass is 10.1. The Morgan fingerprint density at radius 3 is 2.60 bits per heavy atom. The second-order valence-electron chi connectivity index (χ2n) is 5.17. The third kappa shape index (κ3) is 2.21. The molecular formula is C15H15F3N2. The van der Waals surface area contributed by atoms with Crippen molar-refractivity contribution in [2.45, 2.75) is 32.1 Å². The van der Waals surface area contributed by atoms with Crippen LogP contribution in [0.1, 0.15) is 37.8 Å². The molecule has 0 spiro atoms. The molecule has 0 aliphatic heterocycles. The second-order valence-corrected chi connectivity index (χ2v) is 5.17. The van der Waals surface area contributed by atoms with E-state index >= 15 is 0 Å². The zero-order chi connectivity index (χ0) is 14.3. The molecule has 0 atom stereocenters. The molecule has 1 aromatic carbocycles. The molecule has 106 valence electrons. The van der Waals surface area contributed by atoms with Crippen LogP contribution in [0.4, 0.5) is 18.9 Å². The number of hydrogen-bond donors (Lipinski definition) is 1. The van der Waals surface area contributed by atoms with Gasteiger partial charge < -0.3 is 5.32 Å². The number of nitrogens with zero attached hydrogens (tertiary/aromatic N) is 1. The number of nitrogens with one attached hydrogen (secondary N) is 1. The van der Waals surface area contributed by atoms with Crippen molar-refractivity contribution in [3.63, 3.8) is 0 Å². The normalized spacial score (nSPS) is 14.8. The van der Waals surface area contributed by atoms with Crippen LogP contribution in [-0.4, -0.2) is 11.5 Å². The van der Waals surface area contributed by atoms with Gasteiger partial charge in [0.25, 0.3) is 0 Å². The van der Waals surface area contributed by atoms with Crippen LogP contribution in [0, 0.1) is 17.5 Å². The van der Waals surface area contributed by atoms with E-state index in [0.29, 0.717) is 24.2 Å². The van der Waals surface area contributed by atoms with Gasteiger partial charge in [0.2, 0.25) is 0 Å². The molecular weight excluding hydrogens is 265 g/mol. The summed E-state index contributed by atoms with van der Waals surface area (Å²) in [5, 5.41) is 2.95. The van der Waals surface area contributed by atoms with Gasteiger partial charge >= 0.3 is 0 Å². The largest absolute Gasteiger partial charge is 0.384 e. The van der Waals surface area contributed by atoms with Crippen molar-refractivity contribution in [2.75, 3.05) is 11.9 Å². The Morgan fingerprint density at radius 2 is 1.95 bits per heavy atom. The fourth-order valence-corrected chi connectivity index (χ4v) is 2.31. The van der Waals surface area contributed by atoms with Crippen LogP contribution < -0.4 is 5.32 Å². The van der Waals surface area contributed by atoms with Gasteiger partial charge in [0.05, 0.1) is 5.39 Å². The van der Waals surface area contributed by atoms with Gasteiger partial charge in [-0.2, -0.15) is 0 Å². The van der Waals surface area contributed by atoms with Gasteiger partial charge in [0.1, 0.15) is 5.52 Å². The SMILES string of the molecule is CCCNc1cc(C2CC2)nc2c(F)cc(F)c(F)c12. The van der Waals surface area contributed by atoms with E-state index in [1.54, 1.807) is 6.07 Å². The van der Waals surface area contributed by atoms with Gasteiger partial charge in [0, 0.05) is 29.9 Å². The summed E-state index contributed by atoms with van der Waals surface area (Å²) >= 11 is 0. The lowest BCUT2D eigenvalue weighted by Gasteiger charge is -2.12. The van der Waals surface area contributed by atoms with Gasteiger partial charge in [0.15, 0.2) is 17.5 Å². The van der Waals surface area contributed by atoms with Crippen LogP contribution in [-0.2, 0) is 0 Å². The molecule has 1 saturated carbocycles. The summed E-state index contributed by atoms with van der Waals surface area (Å²) in [5.74, 6) is -2.74. The van der Waals surface area contributed by atoms with Crippen molar-refractivity contribution < 1.29 is 13.2 Å². The summed E-state index contributed by atoms with van der Waals surface area (Å²) in [6, 6.07) is 2.28. The quantitative estimate of drug-likeness (QED) is 0.842. The van der Waals surface area contributed by atoms with E-state index in [0.717, 1.165) is 25.0 Å². The molecule has 0 radical (unpaired) electrons. The lowest BCUT2D eigenvalue weighted by molar-refractivity contribution is 0.505. The average molecular weight is 280 g/mol. The lowest BCUT2D eigenvalue weighted by Crippen LogP contribution is -2.05. The molecule has 0 saturated heterocycles. The first-order valence-electron chi connectivity index (χ1n) is 6.83. The smallest absolute Gasteiger partial charge is 0.170 e. The minimum atomic E-state index is -1.18. The van der Waals surface area contributed by atoms with Crippen LogP contribution in [0.2, 0.25) is 0 Å². The highest BCUT2D eigenvalue weighted by atomic mass is 19.2. The summed E-state index contributed by atoms with van der Waals surface area (Å²) in [5.41, 5.74) is 1.09. The van der Waals surface area contributed by atoms with Crippen LogP contribution >= 0.6 is 0 Å². The number of fused-ring (bicyclic) bond motifs is 1. The zero-order valence-corrected chi connectivity index (χ0v) is 11.1. The maximum atomic E-state index is 14.0. The number of aromatic nitrogens is 1. The number of halogens is 3. The highest BCUT2D eigenvalue weighted by Gasteiger charge is 2.27. The minimum Gasteiger partial charge on any atom is -0.384 e. The predicted octanol–water partition coefficient (Wildman–Crippen LogP) is 4.35. The predicted molar refractivity (Wildman–Crippen MR) is 72.4 cm³/mol. The first-order valence-corrected chi connectivity index (χ1v) is 6.83. The summed E-state index contributed by atoms with van der Waals surface area (Å²) in [4.78, 5) is 4.19. The van der Waals surface area contributed by atoms with Gasteiger partial charge in [-0.15, -0.1) is 0 Å². The summed E-state index contributed by atoms with van der Waals surface area (Å²) in [7, 11) is 0. The number of pyridine rings is 1. The summed E-state index contributed by atoms with van der Waals surface area (Å²) in [6.07, 6.45) is 2.86. The van der Waals surface area contributed by atoms with Gasteiger partial charge in [-0.1, -0.05) is 6.92 Å². The standard InChI is InChI=1S/C15H15F3N2/c1-2-5-19-12-7-11(8-3-4-8)20-15-10(17)6-9(16)14(18)13(12)15/h6-8H,2-5H2,1H3,(H,19,20). The molecule has 0 bridgehead atoms. The van der Waals surface area contributed by atoms with Gasteiger partial charge in [-0.05, 0) is 25.3 Å². The molecule has 1 aromatic heterocycles. The van der Waals surface area contributed by atoms with Crippen LogP contribution in [0.25, 0.3) is 10.9 Å². The van der Waals surface area contributed by atoms with Crippen LogP contribution in [0.15, 0.2) is 12.1 Å². The van der Waals surface area contributed by atoms with E-state index < -0.39 is 17.5 Å². The van der Waals surface area contributed by atoms with E-state index in [9.17, 15) is 13.2 Å². The fourth-order valence-electron chi connectivity index (χ4n) is 2.31. The van der Waals surface area contributed by atoms with Gasteiger partial charge in [-0.3, -0.25) is 0 Å². The molecule has 5 heteroatoms. The molecule has 0 amide bonds. The van der Waals surface area contributed by atoms with Crippen molar-refractivity contribution in [3.05, 3.63) is 35.3 Å². The molecule has 3 rings (SSSR count). The Bertz CT molecular complexity index is 666. The van der Waals surface area contributed by atoms with E-state index in [2.05, 4.69) is 10.3 Å². The molecule has 1 aliphatic rings. The maximum Gasteiger partial charge on any atom is 0.170 e. The molecule has 1 fully saturated rings. The molecule has 0 unspecified atom stereocenters. The van der Waals surface area contributed by atoms with E-state index in [4.69, 9.17) is 0 Å². The summed E-state index contributed by atoms with van der Waals surface area (Å²) in [6.45, 7) is 2.58. The van der Waals surface area contributed by atoms with Crippen molar-refractivity contribution in [1.82, 2.24) is 4.98 Å². The molecule has 2 aromatic rings. The Hall–Kier alpha value is -1.78. The molecule has 1 N–H and O–H groups in total. The second kappa shape index (κ2) is 4.96.